The van der Waals surface area contributed by atoms with Gasteiger partial charge in [-0.05, 0) is 203 Å². The Morgan fingerprint density at radius 1 is 0.605 bits per heavy atom. The predicted molar refractivity (Wildman–Crippen MR) is 328 cm³/mol. The Morgan fingerprint density at radius 3 is 1.48 bits per heavy atom. The van der Waals surface area contributed by atoms with Gasteiger partial charge in [0.15, 0.2) is 11.6 Å². The molecule has 0 spiro atoms. The molecule has 2 fully saturated rings. The highest BCUT2D eigenvalue weighted by molar-refractivity contribution is 9.10. The van der Waals surface area contributed by atoms with Crippen molar-refractivity contribution in [3.8, 4) is 44.8 Å². The number of aryl methyl sites for hydroxylation is 2. The van der Waals surface area contributed by atoms with Crippen molar-refractivity contribution in [3.63, 3.8) is 0 Å². The second-order valence-corrected chi connectivity index (χ2v) is 24.7. The molecular weight excluding hydrogens is 1080 g/mol. The van der Waals surface area contributed by atoms with Crippen LogP contribution in [0.15, 0.2) is 89.6 Å². The molecule has 2 aliphatic heterocycles. The minimum atomic E-state index is -0.641. The molecular formula is C68H83BrF2N6O4. The van der Waals surface area contributed by atoms with Crippen LogP contribution in [0.4, 0.5) is 14.6 Å². The first-order valence-corrected chi connectivity index (χ1v) is 30.3. The third-order valence-corrected chi connectivity index (χ3v) is 16.1. The van der Waals surface area contributed by atoms with Crippen molar-refractivity contribution in [1.29, 1.82) is 0 Å². The number of nitrogens with one attached hydrogen (secondary N) is 1. The molecule has 13 heteroatoms. The fourth-order valence-corrected chi connectivity index (χ4v) is 12.3. The first kappa shape index (κ1) is 60.1. The molecule has 0 unspecified atom stereocenters. The summed E-state index contributed by atoms with van der Waals surface area (Å²) in [6.07, 6.45) is 17.8. The summed E-state index contributed by atoms with van der Waals surface area (Å²) >= 11 is 3.54. The zero-order valence-electron chi connectivity index (χ0n) is 49.7. The Morgan fingerprint density at radius 2 is 1.05 bits per heavy atom. The largest absolute Gasteiger partial charge is 0.369 e. The van der Waals surface area contributed by atoms with Crippen LogP contribution in [0.3, 0.4) is 0 Å². The lowest BCUT2D eigenvalue weighted by Gasteiger charge is -2.39. The smallest absolute Gasteiger partial charge is 0.163 e. The summed E-state index contributed by atoms with van der Waals surface area (Å²) in [6, 6.07) is 22.1. The van der Waals surface area contributed by atoms with E-state index in [4.69, 9.17) is 38.9 Å². The second kappa shape index (κ2) is 25.9. The normalized spacial score (nSPS) is 20.3. The molecule has 2 aliphatic carbocycles. The predicted octanol–water partition coefficient (Wildman–Crippen LogP) is 16.5. The Balaban J connectivity index is 0.000000197. The van der Waals surface area contributed by atoms with E-state index in [1.165, 1.54) is 11.1 Å². The van der Waals surface area contributed by atoms with Gasteiger partial charge in [-0.1, -0.05) is 90.1 Å². The fraction of sp³-hybridized carbons (Fsp3) is 0.471. The van der Waals surface area contributed by atoms with Crippen molar-refractivity contribution < 1.29 is 27.7 Å². The van der Waals surface area contributed by atoms with Crippen molar-refractivity contribution in [1.82, 2.24) is 24.8 Å². The van der Waals surface area contributed by atoms with Crippen molar-refractivity contribution in [2.24, 2.45) is 0 Å². The first-order valence-electron chi connectivity index (χ1n) is 29.5. The molecule has 2 aromatic carbocycles. The zero-order chi connectivity index (χ0) is 57.8. The van der Waals surface area contributed by atoms with E-state index >= 15 is 0 Å². The van der Waals surface area contributed by atoms with E-state index in [2.05, 4.69) is 124 Å². The molecule has 10 rings (SSSR count). The average Bonchev–Trinajstić information content (AvgIpc) is 3.57. The van der Waals surface area contributed by atoms with Crippen LogP contribution < -0.4 is 5.32 Å². The summed E-state index contributed by atoms with van der Waals surface area (Å²) in [4.78, 5) is 22.7. The van der Waals surface area contributed by atoms with Crippen molar-refractivity contribution in [2.45, 2.75) is 181 Å². The van der Waals surface area contributed by atoms with Gasteiger partial charge in [-0.15, -0.1) is 0 Å². The summed E-state index contributed by atoms with van der Waals surface area (Å²) in [5.41, 5.74) is 17.2. The number of hydrogen-bond acceptors (Lipinski definition) is 10. The Bertz CT molecular complexity index is 3230. The number of anilines is 1. The number of fused-ring (bicyclic) bond motifs is 6. The van der Waals surface area contributed by atoms with E-state index in [9.17, 15) is 8.78 Å². The highest BCUT2D eigenvalue weighted by Crippen LogP contribution is 2.45. The topological polar surface area (TPSA) is 104 Å². The van der Waals surface area contributed by atoms with Gasteiger partial charge in [-0.2, -0.15) is 0 Å². The number of halogens is 3. The summed E-state index contributed by atoms with van der Waals surface area (Å²) in [5, 5.41) is 3.47. The molecule has 6 aromatic rings. The Labute approximate surface area is 488 Å². The maximum Gasteiger partial charge on any atom is 0.163 e. The number of hydrogen-bond donors (Lipinski definition) is 1. The molecule has 6 heterocycles. The van der Waals surface area contributed by atoms with Crippen LogP contribution in [-0.2, 0) is 44.6 Å². The van der Waals surface area contributed by atoms with Crippen LogP contribution in [0.2, 0.25) is 0 Å². The number of pyridine rings is 4. The van der Waals surface area contributed by atoms with Gasteiger partial charge in [-0.25, -0.2) is 18.7 Å². The van der Waals surface area contributed by atoms with Gasteiger partial charge in [0.25, 0.3) is 0 Å². The summed E-state index contributed by atoms with van der Waals surface area (Å²) < 4.78 is 53.8. The SMILES string of the molecule is CC[C@H]1C[C@@H](/C=C/c2c(C(C)C)nc3c(c2-c2ccc(F)cc2)CCCc2nc(Br)ccc2-3)OC(C)(C)O1.CC[C@H]1C[C@@H](/C=C/c2c(C(C)C)nc3c(c2-c2ccc(F)cc2)CCCc2nc(NCCN(C)C)ccc2-3)OC(C)(C)O1. The first-order chi connectivity index (χ1) is 38.7. The van der Waals surface area contributed by atoms with Gasteiger partial charge in [0.2, 0.25) is 0 Å². The standard InChI is InChI=1S/C36H47FN4O2.C32H36BrFN2O2/c1-8-26-22-27(43-36(4,5)42-26)16-17-30-33(24-12-14-25(37)15-13-24)29-10-9-11-31-28(35(29)40-34(30)23(2)3)18-19-32(39-31)38-20-21-41(6)7;1-6-22-18-23(38-32(4,5)37-22)14-15-26-29(20-10-12-21(34)13-11-20)25-8-7-9-27-24(16-17-28(33)35-27)31(25)36-30(26)19(2)3/h12-19,23,26-27H,8-11,20-22H2,1-7H3,(H,38,39);10-17,19,22-23H,6-9,18H2,1-5H3/b17-16+;15-14+/t26-,27+;22-,23+/m00/s1. The third kappa shape index (κ3) is 14.5. The maximum absolute atomic E-state index is 14.1. The lowest BCUT2D eigenvalue weighted by Crippen LogP contribution is -2.43. The van der Waals surface area contributed by atoms with E-state index in [-0.39, 0.29) is 47.9 Å². The van der Waals surface area contributed by atoms with E-state index in [1.54, 1.807) is 24.3 Å². The molecule has 4 atom stereocenters. The minimum absolute atomic E-state index is 0.0640. The summed E-state index contributed by atoms with van der Waals surface area (Å²) in [6.45, 7) is 22.7. The zero-order valence-corrected chi connectivity index (χ0v) is 51.3. The summed E-state index contributed by atoms with van der Waals surface area (Å²) in [7, 11) is 4.14. The quantitative estimate of drug-likeness (QED) is 0.106. The monoisotopic (exact) mass is 1160 g/mol. The number of ether oxygens (including phenoxy) is 4. The van der Waals surface area contributed by atoms with Crippen LogP contribution >= 0.6 is 15.9 Å². The number of likely N-dealkylation sites (N-methyl/N-ethyl adjacent to an activating group) is 1. The van der Waals surface area contributed by atoms with Gasteiger partial charge in [0.1, 0.15) is 22.1 Å². The second-order valence-electron chi connectivity index (χ2n) is 23.9. The minimum Gasteiger partial charge on any atom is -0.369 e. The molecule has 430 valence electrons. The van der Waals surface area contributed by atoms with E-state index in [0.29, 0.717) is 0 Å². The Kier molecular flexibility index (Phi) is 19.2. The highest BCUT2D eigenvalue weighted by atomic mass is 79.9. The van der Waals surface area contributed by atoms with Gasteiger partial charge >= 0.3 is 0 Å². The molecule has 10 nitrogen and oxygen atoms in total. The maximum atomic E-state index is 14.1. The molecule has 0 amide bonds. The van der Waals surface area contributed by atoms with Crippen molar-refractivity contribution >= 4 is 33.9 Å². The van der Waals surface area contributed by atoms with Crippen LogP contribution in [0.1, 0.15) is 165 Å². The van der Waals surface area contributed by atoms with Crippen LogP contribution in [0.25, 0.3) is 56.9 Å². The highest BCUT2D eigenvalue weighted by Gasteiger charge is 2.36. The van der Waals surface area contributed by atoms with Crippen molar-refractivity contribution in [3.05, 3.63) is 146 Å². The lowest BCUT2D eigenvalue weighted by atomic mass is 9.86. The van der Waals surface area contributed by atoms with Gasteiger partial charge < -0.3 is 29.2 Å². The molecule has 81 heavy (non-hydrogen) atoms. The van der Waals surface area contributed by atoms with Crippen LogP contribution in [0, 0.1) is 11.6 Å². The lowest BCUT2D eigenvalue weighted by molar-refractivity contribution is -0.290. The molecule has 4 aliphatic rings. The molecule has 0 bridgehead atoms. The Hall–Kier alpha value is -5.54. The fourth-order valence-electron chi connectivity index (χ4n) is 12.0. The van der Waals surface area contributed by atoms with Crippen molar-refractivity contribution in [2.75, 3.05) is 32.5 Å². The summed E-state index contributed by atoms with van der Waals surface area (Å²) in [5.74, 6) is -0.495. The number of nitrogens with zero attached hydrogens (tertiary/aromatic N) is 5. The van der Waals surface area contributed by atoms with E-state index < -0.39 is 11.6 Å². The average molecular weight is 1170 g/mol. The number of rotatable bonds is 14. The van der Waals surface area contributed by atoms with E-state index in [1.807, 2.05) is 58.0 Å². The van der Waals surface area contributed by atoms with E-state index in [0.717, 1.165) is 166 Å². The third-order valence-electron chi connectivity index (χ3n) is 15.7. The van der Waals surface area contributed by atoms with Gasteiger partial charge in [-0.3, -0.25) is 9.97 Å². The van der Waals surface area contributed by atoms with Gasteiger partial charge in [0.05, 0.1) is 58.6 Å². The molecule has 0 radical (unpaired) electrons. The molecule has 0 saturated carbocycles. The van der Waals surface area contributed by atoms with Gasteiger partial charge in [0, 0.05) is 48.2 Å². The molecule has 4 aromatic heterocycles. The molecule has 1 N–H and O–H groups in total. The molecule has 2 saturated heterocycles. The van der Waals surface area contributed by atoms with Crippen LogP contribution in [-0.4, -0.2) is 88.0 Å². The number of benzene rings is 2. The number of aromatic nitrogens is 4. The van der Waals surface area contributed by atoms with Crippen LogP contribution in [0.5, 0.6) is 0 Å².